The van der Waals surface area contributed by atoms with Crippen molar-refractivity contribution in [3.05, 3.63) is 46.2 Å². The number of pyridine rings is 1. The fraction of sp³-hybridized carbons (Fsp3) is 0.633. The second kappa shape index (κ2) is 14.4. The average Bonchev–Trinajstić information content (AvgIpc) is 3.18. The van der Waals surface area contributed by atoms with Gasteiger partial charge in [0.1, 0.15) is 5.56 Å². The lowest BCUT2D eigenvalue weighted by atomic mass is 9.96. The van der Waals surface area contributed by atoms with E-state index in [1.54, 1.807) is 10.6 Å². The van der Waals surface area contributed by atoms with E-state index < -0.39 is 28.3 Å². The smallest absolute Gasteiger partial charge is 0.475 e. The molecule has 12 nitrogen and oxygen atoms in total. The van der Waals surface area contributed by atoms with Crippen molar-refractivity contribution in [2.24, 2.45) is 0 Å². The Balaban J connectivity index is 0.000000617. The monoisotopic (exact) mass is 673 g/mol. The number of fused-ring (bicyclic) bond motifs is 3. The van der Waals surface area contributed by atoms with E-state index in [1.807, 2.05) is 38.1 Å². The molecule has 2 bridgehead atoms. The molecule has 0 spiro atoms. The third kappa shape index (κ3) is 8.64. The van der Waals surface area contributed by atoms with Crippen molar-refractivity contribution >= 4 is 32.8 Å². The number of alkyl halides is 3. The van der Waals surface area contributed by atoms with E-state index in [-0.39, 0.29) is 41.2 Å². The van der Waals surface area contributed by atoms with Crippen LogP contribution in [0.5, 0.6) is 0 Å². The highest BCUT2D eigenvalue weighted by molar-refractivity contribution is 7.88. The number of sulfonamides is 1. The summed E-state index contributed by atoms with van der Waals surface area (Å²) in [6.45, 7) is 7.17. The molecule has 0 saturated carbocycles. The lowest BCUT2D eigenvalue weighted by molar-refractivity contribution is -0.192. The van der Waals surface area contributed by atoms with E-state index >= 15 is 0 Å². The SMILES string of the molecule is CC(C)n1c(=O)c(C(=O)NC2C[C@H]3CC[C@@H](C2)N3C[C@@H](O)CN2CCN(S(C)(=O)=O)CC2)cc2ccccc21.O=C(O)C(F)(F)F. The molecule has 0 radical (unpaired) electrons. The molecule has 0 aliphatic carbocycles. The zero-order valence-corrected chi connectivity index (χ0v) is 26.9. The molecule has 3 fully saturated rings. The van der Waals surface area contributed by atoms with Gasteiger partial charge in [-0.25, -0.2) is 13.2 Å². The molecule has 1 unspecified atom stereocenters. The number of carboxylic acids is 1. The van der Waals surface area contributed by atoms with Crippen LogP contribution in [0.25, 0.3) is 10.9 Å². The van der Waals surface area contributed by atoms with Crippen LogP contribution in [0, 0.1) is 0 Å². The van der Waals surface area contributed by atoms with Gasteiger partial charge in [-0.1, -0.05) is 18.2 Å². The summed E-state index contributed by atoms with van der Waals surface area (Å²) < 4.78 is 58.4. The van der Waals surface area contributed by atoms with Crippen molar-refractivity contribution < 1.29 is 41.4 Å². The zero-order valence-electron chi connectivity index (χ0n) is 26.1. The zero-order chi connectivity index (χ0) is 34.0. The Labute approximate surface area is 265 Å². The highest BCUT2D eigenvalue weighted by Gasteiger charge is 2.42. The van der Waals surface area contributed by atoms with Crippen LogP contribution in [-0.2, 0) is 14.8 Å². The molecule has 256 valence electrons. The van der Waals surface area contributed by atoms with Crippen molar-refractivity contribution in [3.8, 4) is 0 Å². The van der Waals surface area contributed by atoms with Crippen molar-refractivity contribution in [1.29, 1.82) is 0 Å². The van der Waals surface area contributed by atoms with Crippen LogP contribution >= 0.6 is 0 Å². The number of β-amino-alcohol motifs (C(OH)–C–C–N with tert-alkyl or cyclic N) is 1. The largest absolute Gasteiger partial charge is 0.490 e. The maximum atomic E-state index is 13.3. The Bertz CT molecular complexity index is 1560. The summed E-state index contributed by atoms with van der Waals surface area (Å²) in [6.07, 6.45) is -0.694. The van der Waals surface area contributed by atoms with Crippen LogP contribution in [0.2, 0.25) is 0 Å². The normalized spacial score (nSPS) is 23.6. The molecule has 1 aromatic heterocycles. The summed E-state index contributed by atoms with van der Waals surface area (Å²) in [5.41, 5.74) is 0.752. The van der Waals surface area contributed by atoms with Gasteiger partial charge in [-0.3, -0.25) is 19.4 Å². The number of nitrogens with one attached hydrogen (secondary N) is 1. The van der Waals surface area contributed by atoms with E-state index in [2.05, 4.69) is 15.1 Å². The van der Waals surface area contributed by atoms with Crippen LogP contribution < -0.4 is 10.9 Å². The number of carbonyl (C=O) groups excluding carboxylic acids is 1. The van der Waals surface area contributed by atoms with E-state index in [1.165, 1.54) is 10.6 Å². The number of piperidine rings is 1. The molecule has 5 rings (SSSR count). The van der Waals surface area contributed by atoms with Gasteiger partial charge >= 0.3 is 12.1 Å². The minimum absolute atomic E-state index is 0.00849. The van der Waals surface area contributed by atoms with Crippen LogP contribution in [0.3, 0.4) is 0 Å². The number of aliphatic carboxylic acids is 1. The number of carbonyl (C=O) groups is 2. The third-order valence-corrected chi connectivity index (χ3v) is 10.2. The second-order valence-electron chi connectivity index (χ2n) is 12.5. The molecule has 3 N–H and O–H groups in total. The number of halogens is 3. The van der Waals surface area contributed by atoms with Crippen LogP contribution in [0.4, 0.5) is 13.2 Å². The molecular weight excluding hydrogens is 631 g/mol. The Hall–Kier alpha value is -3.05. The molecule has 3 aliphatic heterocycles. The first kappa shape index (κ1) is 35.8. The molecule has 46 heavy (non-hydrogen) atoms. The Morgan fingerprint density at radius 1 is 1.02 bits per heavy atom. The number of carboxylic acid groups (broad SMARTS) is 1. The van der Waals surface area contributed by atoms with E-state index in [4.69, 9.17) is 9.90 Å². The number of rotatable bonds is 8. The first-order chi connectivity index (χ1) is 21.5. The lowest BCUT2D eigenvalue weighted by Crippen LogP contribution is -2.55. The molecule has 1 aromatic carbocycles. The second-order valence-corrected chi connectivity index (χ2v) is 14.5. The maximum Gasteiger partial charge on any atom is 0.490 e. The molecule has 16 heteroatoms. The lowest BCUT2D eigenvalue weighted by Gasteiger charge is -2.41. The number of aliphatic hydroxyl groups excluding tert-OH is 1. The van der Waals surface area contributed by atoms with Crippen LogP contribution in [0.1, 0.15) is 55.9 Å². The van der Waals surface area contributed by atoms with Gasteiger partial charge in [-0.15, -0.1) is 0 Å². The summed E-state index contributed by atoms with van der Waals surface area (Å²) in [6, 6.07) is 9.87. The van der Waals surface area contributed by atoms with Gasteiger partial charge in [0, 0.05) is 63.4 Å². The number of benzene rings is 1. The highest BCUT2D eigenvalue weighted by atomic mass is 32.2. The number of amides is 1. The highest BCUT2D eigenvalue weighted by Crippen LogP contribution is 2.36. The van der Waals surface area contributed by atoms with Gasteiger partial charge in [-0.2, -0.15) is 17.5 Å². The van der Waals surface area contributed by atoms with Gasteiger partial charge in [0.2, 0.25) is 10.0 Å². The fourth-order valence-electron chi connectivity index (χ4n) is 6.76. The van der Waals surface area contributed by atoms with Gasteiger partial charge in [-0.05, 0) is 57.0 Å². The van der Waals surface area contributed by atoms with Crippen LogP contribution in [-0.4, -0.2) is 125 Å². The number of para-hydroxylation sites is 1. The minimum atomic E-state index is -5.08. The molecule has 4 atom stereocenters. The summed E-state index contributed by atoms with van der Waals surface area (Å²) in [7, 11) is -3.17. The van der Waals surface area contributed by atoms with E-state index in [0.717, 1.165) is 36.6 Å². The van der Waals surface area contributed by atoms with Gasteiger partial charge in [0.05, 0.1) is 17.9 Å². The molecular formula is C30H42F3N5O7S. The summed E-state index contributed by atoms with van der Waals surface area (Å²) >= 11 is 0. The Morgan fingerprint density at radius 3 is 2.11 bits per heavy atom. The fourth-order valence-corrected chi connectivity index (χ4v) is 7.58. The third-order valence-electron chi connectivity index (χ3n) is 8.86. The Kier molecular flexibility index (Phi) is 11.2. The van der Waals surface area contributed by atoms with Crippen molar-refractivity contribution in [1.82, 2.24) is 24.0 Å². The number of hydrogen-bond donors (Lipinski definition) is 3. The number of nitrogens with zero attached hydrogens (tertiary/aromatic N) is 4. The van der Waals surface area contributed by atoms with Crippen molar-refractivity contribution in [2.75, 3.05) is 45.5 Å². The number of hydrogen-bond acceptors (Lipinski definition) is 8. The standard InChI is InChI=1S/C28H41N5O5S.C2HF3O2/c1-19(2)33-26-7-5-4-6-20(26)14-25(28(33)36)27(35)29-21-15-22-8-9-23(16-21)32(22)18-24(34)17-30-10-12-31(13-11-30)39(3,37)38;3-2(4,5)1(6)7/h4-7,14,19,21-24,34H,8-13,15-18H2,1-3H3,(H,29,35);(H,6,7)/t21?,22-,23+,24-;/m0./s1. The predicted molar refractivity (Wildman–Crippen MR) is 165 cm³/mol. The molecule has 3 saturated heterocycles. The van der Waals surface area contributed by atoms with Crippen molar-refractivity contribution in [2.45, 2.75) is 76.0 Å². The van der Waals surface area contributed by atoms with Crippen LogP contribution in [0.15, 0.2) is 35.1 Å². The Morgan fingerprint density at radius 2 is 1.59 bits per heavy atom. The number of piperazine rings is 1. The predicted octanol–water partition coefficient (Wildman–Crippen LogP) is 1.88. The minimum Gasteiger partial charge on any atom is -0.475 e. The number of aromatic nitrogens is 1. The van der Waals surface area contributed by atoms with Gasteiger partial charge in [0.15, 0.2) is 0 Å². The summed E-state index contributed by atoms with van der Waals surface area (Å²) in [5, 5.41) is 22.0. The molecule has 3 aliphatic rings. The first-order valence-corrected chi connectivity index (χ1v) is 17.2. The van der Waals surface area contributed by atoms with Gasteiger partial charge < -0.3 is 20.1 Å². The quantitative estimate of drug-likeness (QED) is 0.382. The van der Waals surface area contributed by atoms with Crippen molar-refractivity contribution in [3.63, 3.8) is 0 Å². The summed E-state index contributed by atoms with van der Waals surface area (Å²) in [5.74, 6) is -3.07. The van der Waals surface area contributed by atoms with E-state index in [0.29, 0.717) is 39.3 Å². The maximum absolute atomic E-state index is 13.3. The molecule has 2 aromatic rings. The van der Waals surface area contributed by atoms with Gasteiger partial charge in [0.25, 0.3) is 11.5 Å². The molecule has 1 amide bonds. The average molecular weight is 674 g/mol. The first-order valence-electron chi connectivity index (χ1n) is 15.3. The summed E-state index contributed by atoms with van der Waals surface area (Å²) in [4.78, 5) is 40.0. The van der Waals surface area contributed by atoms with E-state index in [9.17, 15) is 36.3 Å². The number of aliphatic hydroxyl groups is 1. The molecule has 4 heterocycles. The topological polar surface area (TPSA) is 152 Å².